The van der Waals surface area contributed by atoms with Gasteiger partial charge in [-0.15, -0.1) is 0 Å². The van der Waals surface area contributed by atoms with E-state index < -0.39 is 10.6 Å². The summed E-state index contributed by atoms with van der Waals surface area (Å²) < 4.78 is 0. The van der Waals surface area contributed by atoms with E-state index in [1.165, 1.54) is 0 Å². The third-order valence-corrected chi connectivity index (χ3v) is 29.3. The molecule has 0 heterocycles. The SMILES string of the molecule is N#Cc1cc(CP(Br)(c2ccccc2)(c2ccccc2)c2ccccc2)c(C#N)cc1CP(Br)(c1ccccc1)(c1ccccc1)c1ccccc1. The van der Waals surface area contributed by atoms with Crippen LogP contribution in [-0.4, -0.2) is 0 Å². The standard InChI is InChI=1S/C46H36Br2N2P2/c47-51(41-19-7-1-8-20-41,42-21-9-2-10-22-42,43-23-11-3-12-24-43)35-39-31-38(34-50)40(32-37(39)33-49)36-52(48,44-25-13-4-14-26-44,45-27-15-5-16-28-45)46-29-17-6-18-30-46/h1-32H,35-36H2. The molecule has 0 radical (unpaired) electrons. The molecule has 0 unspecified atom stereocenters. The molecule has 0 spiro atoms. The summed E-state index contributed by atoms with van der Waals surface area (Å²) in [5, 5.41) is 21.9. The third-order valence-electron chi connectivity index (χ3n) is 10.3. The average molecular weight is 839 g/mol. The van der Waals surface area contributed by atoms with Gasteiger partial charge in [-0.1, -0.05) is 0 Å². The fourth-order valence-corrected chi connectivity index (χ4v) is 23.0. The molecule has 0 aliphatic rings. The topological polar surface area (TPSA) is 47.6 Å². The molecule has 52 heavy (non-hydrogen) atoms. The molecule has 2 nitrogen and oxygen atoms in total. The van der Waals surface area contributed by atoms with Crippen molar-refractivity contribution >= 4 is 73.4 Å². The van der Waals surface area contributed by atoms with Crippen molar-refractivity contribution in [3.05, 3.63) is 216 Å². The van der Waals surface area contributed by atoms with Crippen LogP contribution in [0.15, 0.2) is 194 Å². The van der Waals surface area contributed by atoms with Gasteiger partial charge in [0.25, 0.3) is 0 Å². The van der Waals surface area contributed by atoms with E-state index in [1.807, 2.05) is 48.5 Å². The molecule has 0 saturated carbocycles. The van der Waals surface area contributed by atoms with Crippen molar-refractivity contribution in [2.75, 3.05) is 0 Å². The summed E-state index contributed by atoms with van der Waals surface area (Å²) in [7, 11) is 0. The van der Waals surface area contributed by atoms with Crippen molar-refractivity contribution in [2.24, 2.45) is 0 Å². The van der Waals surface area contributed by atoms with Crippen molar-refractivity contribution in [3.63, 3.8) is 0 Å². The third kappa shape index (κ3) is 5.86. The number of nitrogens with zero attached hydrogens (tertiary/aromatic N) is 2. The Hall–Kier alpha value is -4.66. The van der Waals surface area contributed by atoms with Crippen LogP contribution in [0.1, 0.15) is 22.3 Å². The number of hydrogen-bond donors (Lipinski definition) is 0. The van der Waals surface area contributed by atoms with Gasteiger partial charge in [-0.3, -0.25) is 0 Å². The molecule has 0 aliphatic carbocycles. The molecule has 0 bridgehead atoms. The molecule has 7 rings (SSSR count). The minimum absolute atomic E-state index is 0.509. The molecule has 254 valence electrons. The van der Waals surface area contributed by atoms with Crippen molar-refractivity contribution in [3.8, 4) is 12.1 Å². The first-order chi connectivity index (χ1) is 25.3. The molecule has 7 aromatic carbocycles. The monoisotopic (exact) mass is 836 g/mol. The van der Waals surface area contributed by atoms with Gasteiger partial charge in [-0.25, -0.2) is 0 Å². The molecular weight excluding hydrogens is 802 g/mol. The van der Waals surface area contributed by atoms with E-state index in [9.17, 15) is 10.5 Å². The predicted octanol–water partition coefficient (Wildman–Crippen LogP) is 10.1. The van der Waals surface area contributed by atoms with E-state index in [0.29, 0.717) is 23.5 Å². The van der Waals surface area contributed by atoms with Crippen molar-refractivity contribution < 1.29 is 0 Å². The first kappa shape index (κ1) is 35.7. The van der Waals surface area contributed by atoms with Crippen molar-refractivity contribution in [2.45, 2.75) is 12.3 Å². The maximum absolute atomic E-state index is 11.0. The zero-order valence-corrected chi connectivity index (χ0v) is 33.4. The van der Waals surface area contributed by atoms with Crippen LogP contribution in [0, 0.1) is 22.7 Å². The molecule has 6 heteroatoms. The normalized spacial score (nSPS) is 13.0. The number of halogens is 2. The molecule has 0 saturated heterocycles. The molecule has 0 N–H and O–H groups in total. The van der Waals surface area contributed by atoms with Crippen LogP contribution in [-0.2, 0) is 12.3 Å². The fraction of sp³-hybridized carbons (Fsp3) is 0.0435. The summed E-state index contributed by atoms with van der Waals surface area (Å²) in [5.74, 6) is 0. The van der Waals surface area contributed by atoms with Crippen LogP contribution in [0.2, 0.25) is 0 Å². The second-order valence-corrected chi connectivity index (χ2v) is 30.9. The summed E-state index contributed by atoms with van der Waals surface area (Å²) in [6.45, 7) is 0. The molecule has 0 aromatic heterocycles. The quantitative estimate of drug-likeness (QED) is 0.129. The van der Waals surface area contributed by atoms with E-state index in [1.54, 1.807) is 0 Å². The number of benzene rings is 7. The molecule has 0 amide bonds. The van der Waals surface area contributed by atoms with E-state index in [4.69, 9.17) is 0 Å². The van der Waals surface area contributed by atoms with Crippen molar-refractivity contribution in [1.29, 1.82) is 10.5 Å². The van der Waals surface area contributed by atoms with E-state index in [0.717, 1.165) is 43.0 Å². The van der Waals surface area contributed by atoms with Crippen LogP contribution >= 0.6 is 41.6 Å². The Morgan fingerprint density at radius 3 is 0.712 bits per heavy atom. The van der Waals surface area contributed by atoms with Gasteiger partial charge in [0.15, 0.2) is 0 Å². The Morgan fingerprint density at radius 2 is 0.538 bits per heavy atom. The zero-order chi connectivity index (χ0) is 36.1. The summed E-state index contributed by atoms with van der Waals surface area (Å²) >= 11 is 9.14. The fourth-order valence-electron chi connectivity index (χ4n) is 7.67. The summed E-state index contributed by atoms with van der Waals surface area (Å²) in [4.78, 5) is 0. The van der Waals surface area contributed by atoms with E-state index >= 15 is 0 Å². The van der Waals surface area contributed by atoms with Crippen LogP contribution in [0.25, 0.3) is 0 Å². The average Bonchev–Trinajstić information content (AvgIpc) is 3.23. The summed E-state index contributed by atoms with van der Waals surface area (Å²) in [6.07, 6.45) is 1.02. The van der Waals surface area contributed by atoms with Gasteiger partial charge in [-0.2, -0.15) is 0 Å². The molecule has 0 fully saturated rings. The maximum atomic E-state index is 11.0. The second kappa shape index (κ2) is 14.4. The molecule has 7 aromatic rings. The minimum atomic E-state index is -3.46. The molecule has 0 atom stereocenters. The van der Waals surface area contributed by atoms with Gasteiger partial charge in [0.2, 0.25) is 0 Å². The van der Waals surface area contributed by atoms with Gasteiger partial charge in [0.05, 0.1) is 0 Å². The molecular formula is C46H36Br2N2P2. The zero-order valence-electron chi connectivity index (χ0n) is 28.4. The Balaban J connectivity index is 1.50. The van der Waals surface area contributed by atoms with Gasteiger partial charge < -0.3 is 0 Å². The Morgan fingerprint density at radius 1 is 0.346 bits per heavy atom. The summed E-state index contributed by atoms with van der Waals surface area (Å²) in [5.41, 5.74) is 2.81. The number of nitriles is 2. The van der Waals surface area contributed by atoms with Gasteiger partial charge in [0, 0.05) is 0 Å². The van der Waals surface area contributed by atoms with Crippen molar-refractivity contribution in [1.82, 2.24) is 0 Å². The summed E-state index contributed by atoms with van der Waals surface area (Å²) in [6, 6.07) is 72.6. The van der Waals surface area contributed by atoms with Crippen LogP contribution in [0.3, 0.4) is 0 Å². The Labute approximate surface area is 322 Å². The first-order valence-corrected chi connectivity index (χ1v) is 26.0. The second-order valence-electron chi connectivity index (χ2n) is 13.1. The number of rotatable bonds is 10. The first-order valence-electron chi connectivity index (χ1n) is 17.1. The van der Waals surface area contributed by atoms with Crippen LogP contribution < -0.4 is 31.8 Å². The van der Waals surface area contributed by atoms with Gasteiger partial charge in [0.1, 0.15) is 0 Å². The Kier molecular flexibility index (Phi) is 9.89. The predicted molar refractivity (Wildman–Crippen MR) is 231 cm³/mol. The van der Waals surface area contributed by atoms with Gasteiger partial charge in [-0.05, 0) is 0 Å². The molecule has 0 aliphatic heterocycles. The van der Waals surface area contributed by atoms with Crippen LogP contribution in [0.5, 0.6) is 0 Å². The van der Waals surface area contributed by atoms with E-state index in [2.05, 4.69) is 189 Å². The van der Waals surface area contributed by atoms with Crippen LogP contribution in [0.4, 0.5) is 0 Å². The Bertz CT molecular complexity index is 2040. The number of hydrogen-bond acceptors (Lipinski definition) is 2. The van der Waals surface area contributed by atoms with E-state index in [-0.39, 0.29) is 0 Å². The van der Waals surface area contributed by atoms with Gasteiger partial charge >= 0.3 is 325 Å².